The van der Waals surface area contributed by atoms with Crippen molar-refractivity contribution in [2.75, 3.05) is 104 Å². The zero-order valence-corrected chi connectivity index (χ0v) is 61.6. The van der Waals surface area contributed by atoms with Crippen molar-refractivity contribution in [2.24, 2.45) is 23.3 Å². The van der Waals surface area contributed by atoms with Crippen LogP contribution < -0.4 is 63.4 Å². The van der Waals surface area contributed by atoms with Crippen molar-refractivity contribution in [1.82, 2.24) is 74.9 Å². The van der Waals surface area contributed by atoms with Crippen molar-refractivity contribution in [2.45, 2.75) is 127 Å². The number of hydrogen-bond donors (Lipinski definition) is 9. The van der Waals surface area contributed by atoms with Crippen LogP contribution in [0.4, 0.5) is 43.4 Å². The normalized spacial score (nSPS) is 22.3. The van der Waals surface area contributed by atoms with Gasteiger partial charge in [-0.15, -0.1) is 0 Å². The van der Waals surface area contributed by atoms with E-state index in [1.165, 1.54) is 29.1 Å². The summed E-state index contributed by atoms with van der Waals surface area (Å²) in [7, 11) is 0. The number of fused-ring (bicyclic) bond motifs is 2. The smallest absolute Gasteiger partial charge is 0.271 e. The van der Waals surface area contributed by atoms with Crippen molar-refractivity contribution in [1.29, 1.82) is 0 Å². The number of halogens is 1. The van der Waals surface area contributed by atoms with Crippen LogP contribution in [0.25, 0.3) is 0 Å². The van der Waals surface area contributed by atoms with Gasteiger partial charge in [-0.3, -0.25) is 87.8 Å². The number of piperidine rings is 6. The van der Waals surface area contributed by atoms with E-state index in [1.54, 1.807) is 24.5 Å². The fourth-order valence-corrected chi connectivity index (χ4v) is 16.8. The number of aromatic nitrogens is 6. The topological polar surface area (TPSA) is 441 Å². The molecule has 34 nitrogen and oxygen atoms in total. The van der Waals surface area contributed by atoms with Crippen LogP contribution in [-0.4, -0.2) is 234 Å². The van der Waals surface area contributed by atoms with Crippen molar-refractivity contribution in [3.63, 3.8) is 0 Å². The summed E-state index contributed by atoms with van der Waals surface area (Å²) in [5.41, 5.74) is 14.3. The van der Waals surface area contributed by atoms with Gasteiger partial charge in [0.15, 0.2) is 23.0 Å². The number of carbonyl (C=O) groups is 12. The molecule has 16 rings (SSSR count). The zero-order chi connectivity index (χ0) is 76.5. The summed E-state index contributed by atoms with van der Waals surface area (Å²) in [5.74, 6) is -4.39. The van der Waals surface area contributed by atoms with Gasteiger partial charge < -0.3 is 52.8 Å². The van der Waals surface area contributed by atoms with E-state index in [-0.39, 0.29) is 101 Å². The first-order valence-corrected chi connectivity index (χ1v) is 38.2. The summed E-state index contributed by atoms with van der Waals surface area (Å²) in [6, 6.07) is 11.2. The third-order valence-electron chi connectivity index (χ3n) is 21.6. The van der Waals surface area contributed by atoms with Gasteiger partial charge in [0.1, 0.15) is 39.5 Å². The van der Waals surface area contributed by atoms with Crippen LogP contribution in [0.1, 0.15) is 151 Å². The molecule has 6 aromatic rings. The molecule has 8 fully saturated rings. The minimum Gasteiger partial charge on any atom is -0.368 e. The number of aryl methyl sites for hydroxylation is 2. The Morgan fingerprint density at radius 3 is 1.38 bits per heavy atom. The van der Waals surface area contributed by atoms with Gasteiger partial charge >= 0.3 is 0 Å². The average Bonchev–Trinajstić information content (AvgIpc) is 1.61. The Morgan fingerprint density at radius 1 is 0.514 bits per heavy atom. The minimum atomic E-state index is -1.02. The molecule has 0 radical (unpaired) electrons. The van der Waals surface area contributed by atoms with E-state index in [4.69, 9.17) is 16.5 Å². The highest BCUT2D eigenvalue weighted by Gasteiger charge is 2.47. The van der Waals surface area contributed by atoms with Crippen molar-refractivity contribution in [3.05, 3.63) is 112 Å². The highest BCUT2D eigenvalue weighted by atomic mass is 32.1. The summed E-state index contributed by atoms with van der Waals surface area (Å²) in [4.78, 5) is 179. The first-order chi connectivity index (χ1) is 52.5. The summed E-state index contributed by atoms with van der Waals surface area (Å²) >= 11 is 2.54. The summed E-state index contributed by atoms with van der Waals surface area (Å²) in [5, 5.41) is 22.0. The molecule has 109 heavy (non-hydrogen) atoms. The molecule has 0 spiro atoms. The molecule has 0 saturated carbocycles. The van der Waals surface area contributed by atoms with Gasteiger partial charge in [0.2, 0.25) is 35.4 Å². The molecular formula is C72H83FN22O12S2. The molecule has 10 aliphatic rings. The van der Waals surface area contributed by atoms with E-state index >= 15 is 0 Å². The molecule has 4 atom stereocenters. The van der Waals surface area contributed by atoms with Gasteiger partial charge in [0, 0.05) is 107 Å². The number of primary amides is 2. The quantitative estimate of drug-likeness (QED) is 0.0591. The second-order valence-electron chi connectivity index (χ2n) is 28.9. The maximum atomic E-state index is 13.4. The van der Waals surface area contributed by atoms with E-state index in [9.17, 15) is 61.9 Å². The van der Waals surface area contributed by atoms with Crippen molar-refractivity contribution < 1.29 is 61.9 Å². The Hall–Kier alpha value is -10.9. The van der Waals surface area contributed by atoms with E-state index in [1.807, 2.05) is 32.0 Å². The molecule has 12 amide bonds. The van der Waals surface area contributed by atoms with Crippen LogP contribution in [0.3, 0.4) is 0 Å². The van der Waals surface area contributed by atoms with Crippen LogP contribution in [0.2, 0.25) is 0 Å². The van der Waals surface area contributed by atoms with E-state index in [0.717, 1.165) is 166 Å². The molecule has 0 aliphatic carbocycles. The molecule has 0 bridgehead atoms. The fourth-order valence-electron chi connectivity index (χ4n) is 15.5. The Kier molecular flexibility index (Phi) is 22.1. The van der Waals surface area contributed by atoms with Crippen LogP contribution in [0, 0.1) is 31.5 Å². The molecule has 4 aromatic heterocycles. The Labute approximate surface area is 632 Å². The van der Waals surface area contributed by atoms with E-state index in [0.29, 0.717) is 42.6 Å². The molecule has 2 aromatic carbocycles. The fraction of sp³-hybridized carbons (Fsp3) is 0.472. The molecule has 8 saturated heterocycles. The number of nitrogens with two attached hydrogens (primary N) is 2. The number of likely N-dealkylation sites (tertiary alicyclic amines) is 2. The highest BCUT2D eigenvalue weighted by molar-refractivity contribution is 7.10. The van der Waals surface area contributed by atoms with Crippen molar-refractivity contribution >= 4 is 133 Å². The predicted octanol–water partition coefficient (Wildman–Crippen LogP) is 2.25. The lowest BCUT2D eigenvalue weighted by atomic mass is 9.92. The number of hydrogen-bond acceptors (Lipinski definition) is 28. The standard InChI is InChI=1S/C36H41N11O6S.C23H33N9O2S.C13H9FN2O4/c1-19-13-29(54-43-19)42-32-30(31(37)49)38-15-27(40-32)45-10-2-3-21(16-45)39-33(50)20-8-11-44(12-9-20)23-17-46(18-23)22-4-5-24-25(14-22)36(53)47(35(24)52)26-6-7-28(48)41-34(26)51;1-14-9-19(35-30-14)29-22-20(21(24)33)26-12-18(28-22)32-6-2-3-16(13-32)27-23(34)15-4-7-31(8-5-15)17-10-25-11-17;14-6-1-2-7-8(5-6)13(20)16(12(7)19)9-3-4-10(17)15-11(9)18/h4-5,13-15,20-21,23,26H,2-3,6-12,16-18H2,1H3,(H2,37,49)(H,39,50)(H,40,42)(H,41,48,51);9,12,15-17,25H,2-8,10-11,13H2,1H3,(H2,24,33)(H,27,34)(H,28,29);1-2,5,9H,3-4H2,(H,15,17,18). The highest BCUT2D eigenvalue weighted by Crippen LogP contribution is 2.36. The molecule has 10 aliphatic heterocycles. The molecule has 572 valence electrons. The van der Waals surface area contributed by atoms with E-state index in [2.05, 4.69) is 85.4 Å². The van der Waals surface area contributed by atoms with Crippen LogP contribution in [0.5, 0.6) is 0 Å². The van der Waals surface area contributed by atoms with Crippen LogP contribution >= 0.6 is 23.1 Å². The lowest BCUT2D eigenvalue weighted by Gasteiger charge is -2.48. The SMILES string of the molecule is Cc1cc(Nc2nc(N3CCCC(NC(=O)C4CCN(C5CN(c6ccc7c(c6)C(=O)N(C6CCC(=O)NC6=O)C7=O)C5)CC4)C3)cnc2C(N)=O)sn1.Cc1cc(Nc2nc(N3CCCC(NC(=O)C4CCN(C5CNC5)CC4)C3)cnc2C(N)=O)sn1.O=C1CCC(N2C(=O)c3ccc(F)cc3C2=O)C(=O)N1. The van der Waals surface area contributed by atoms with Crippen LogP contribution in [0.15, 0.2) is 60.9 Å². The van der Waals surface area contributed by atoms with Gasteiger partial charge in [-0.2, -0.15) is 8.75 Å². The van der Waals surface area contributed by atoms with Gasteiger partial charge in [0.05, 0.1) is 46.0 Å². The third-order valence-corrected chi connectivity index (χ3v) is 23.1. The molecule has 4 unspecified atom stereocenters. The molecular weight excluding hydrogens is 1450 g/mol. The largest absolute Gasteiger partial charge is 0.368 e. The number of benzene rings is 2. The van der Waals surface area contributed by atoms with Gasteiger partial charge in [-0.25, -0.2) is 24.3 Å². The van der Waals surface area contributed by atoms with Crippen LogP contribution in [-0.2, 0) is 28.8 Å². The number of nitrogens with one attached hydrogen (secondary N) is 7. The monoisotopic (exact) mass is 1530 g/mol. The summed E-state index contributed by atoms with van der Waals surface area (Å²) in [6.07, 6.45) is 10.4. The molecule has 37 heteroatoms. The summed E-state index contributed by atoms with van der Waals surface area (Å²) in [6.45, 7) is 13.8. The first-order valence-electron chi connectivity index (χ1n) is 36.6. The minimum absolute atomic E-state index is 0.0464. The zero-order valence-electron chi connectivity index (χ0n) is 59.9. The van der Waals surface area contributed by atoms with Crippen molar-refractivity contribution in [3.8, 4) is 0 Å². The van der Waals surface area contributed by atoms with E-state index < -0.39 is 77.0 Å². The number of rotatable bonds is 17. The number of imide groups is 4. The number of amides is 12. The summed E-state index contributed by atoms with van der Waals surface area (Å²) < 4.78 is 21.7. The third kappa shape index (κ3) is 16.4. The lowest BCUT2D eigenvalue weighted by Crippen LogP contribution is -2.61. The molecule has 14 heterocycles. The van der Waals surface area contributed by atoms with Gasteiger partial charge in [-0.05, 0) is 176 Å². The Morgan fingerprint density at radius 2 is 0.954 bits per heavy atom. The average molecular weight is 1530 g/mol. The van der Waals surface area contributed by atoms with Gasteiger partial charge in [0.25, 0.3) is 35.4 Å². The van der Waals surface area contributed by atoms with Gasteiger partial charge in [-0.1, -0.05) is 0 Å². The lowest BCUT2D eigenvalue weighted by molar-refractivity contribution is -0.137. The maximum Gasteiger partial charge on any atom is 0.271 e. The Balaban J connectivity index is 0.000000153. The first kappa shape index (κ1) is 74.9. The number of anilines is 7. The number of nitrogens with zero attached hydrogens (tertiary/aromatic N) is 13. The second-order valence-corrected chi connectivity index (χ2v) is 30.5. The Bertz CT molecular complexity index is 4630. The maximum absolute atomic E-state index is 13.4. The number of carbonyl (C=O) groups excluding carboxylic acids is 12. The predicted molar refractivity (Wildman–Crippen MR) is 396 cm³/mol. The molecule has 11 N–H and O–H groups in total. The second kappa shape index (κ2) is 32.1.